The van der Waals surface area contributed by atoms with E-state index in [-0.39, 0.29) is 0 Å². The highest BCUT2D eigenvalue weighted by atomic mass is 16.6. The summed E-state index contributed by atoms with van der Waals surface area (Å²) >= 11 is 0. The molecule has 0 aromatic rings. The van der Waals surface area contributed by atoms with Crippen molar-refractivity contribution in [3.63, 3.8) is 0 Å². The number of amides is 1. The lowest BCUT2D eigenvalue weighted by Crippen LogP contribution is -2.43. The standard InChI is InChI=1S/C20H39NO4/c1-5-6-7-8-9-10-11-12-13-14-15-16-17(18(22)23)21-19(24)25-20(2,3)4/h17H,5-16H2,1-4H3,(H,21,24)(H,22,23)/t17-/m0/s1. The van der Waals surface area contributed by atoms with Crippen LogP contribution in [0.25, 0.3) is 0 Å². The minimum atomic E-state index is -1.00. The lowest BCUT2D eigenvalue weighted by atomic mass is 10.0. The summed E-state index contributed by atoms with van der Waals surface area (Å²) in [5, 5.41) is 11.7. The van der Waals surface area contributed by atoms with Gasteiger partial charge in [-0.05, 0) is 27.2 Å². The lowest BCUT2D eigenvalue weighted by molar-refractivity contribution is -0.139. The maximum Gasteiger partial charge on any atom is 0.408 e. The average Bonchev–Trinajstić information content (AvgIpc) is 2.49. The number of unbranched alkanes of at least 4 members (excludes halogenated alkanes) is 10. The van der Waals surface area contributed by atoms with Gasteiger partial charge in [-0.15, -0.1) is 0 Å². The quantitative estimate of drug-likeness (QED) is 0.393. The first kappa shape index (κ1) is 23.7. The van der Waals surface area contributed by atoms with Crippen LogP contribution in [0.5, 0.6) is 0 Å². The second-order valence-corrected chi connectivity index (χ2v) is 7.86. The molecule has 0 bridgehead atoms. The van der Waals surface area contributed by atoms with Gasteiger partial charge < -0.3 is 15.2 Å². The number of carboxylic acids is 1. The SMILES string of the molecule is CCCCCCCCCCCCC[C@H](NC(=O)OC(C)(C)C)C(=O)O. The van der Waals surface area contributed by atoms with Crippen LogP contribution >= 0.6 is 0 Å². The van der Waals surface area contributed by atoms with E-state index in [1.165, 1.54) is 51.4 Å². The summed E-state index contributed by atoms with van der Waals surface area (Å²) in [7, 11) is 0. The van der Waals surface area contributed by atoms with Gasteiger partial charge >= 0.3 is 12.1 Å². The van der Waals surface area contributed by atoms with Gasteiger partial charge in [0.25, 0.3) is 0 Å². The van der Waals surface area contributed by atoms with Crippen LogP contribution < -0.4 is 5.32 Å². The molecule has 0 saturated heterocycles. The number of hydrogen-bond donors (Lipinski definition) is 2. The molecular formula is C20H39NO4. The van der Waals surface area contributed by atoms with Crippen LogP contribution in [0.3, 0.4) is 0 Å². The molecule has 0 aromatic carbocycles. The van der Waals surface area contributed by atoms with E-state index >= 15 is 0 Å². The van der Waals surface area contributed by atoms with Crippen LogP contribution in [0, 0.1) is 0 Å². The molecule has 148 valence electrons. The molecule has 0 spiro atoms. The van der Waals surface area contributed by atoms with Gasteiger partial charge in [0.1, 0.15) is 11.6 Å². The number of carboxylic acid groups (broad SMARTS) is 1. The van der Waals surface area contributed by atoms with E-state index in [1.807, 2.05) is 0 Å². The zero-order chi connectivity index (χ0) is 19.1. The molecule has 1 amide bonds. The molecule has 0 heterocycles. The fraction of sp³-hybridized carbons (Fsp3) is 0.900. The predicted octanol–water partition coefficient (Wildman–Crippen LogP) is 5.67. The van der Waals surface area contributed by atoms with Crippen LogP contribution in [0.1, 0.15) is 105 Å². The molecule has 0 aliphatic heterocycles. The first-order chi connectivity index (χ1) is 11.8. The summed E-state index contributed by atoms with van der Waals surface area (Å²) in [4.78, 5) is 22.9. The van der Waals surface area contributed by atoms with Gasteiger partial charge in [0.2, 0.25) is 0 Å². The number of hydrogen-bond acceptors (Lipinski definition) is 3. The summed E-state index contributed by atoms with van der Waals surface area (Å²) in [5.41, 5.74) is -0.621. The zero-order valence-corrected chi connectivity index (χ0v) is 16.7. The van der Waals surface area contributed by atoms with Gasteiger partial charge in [-0.1, -0.05) is 77.6 Å². The van der Waals surface area contributed by atoms with Crippen molar-refractivity contribution in [2.45, 2.75) is 116 Å². The summed E-state index contributed by atoms with van der Waals surface area (Å²) in [6, 6.07) is -0.867. The summed E-state index contributed by atoms with van der Waals surface area (Å²) < 4.78 is 5.11. The van der Waals surface area contributed by atoms with Crippen LogP contribution in [-0.2, 0) is 9.53 Å². The van der Waals surface area contributed by atoms with E-state index in [1.54, 1.807) is 20.8 Å². The maximum absolute atomic E-state index is 11.7. The van der Waals surface area contributed by atoms with Crippen LogP contribution in [-0.4, -0.2) is 28.8 Å². The highest BCUT2D eigenvalue weighted by Gasteiger charge is 2.23. The predicted molar refractivity (Wildman–Crippen MR) is 102 cm³/mol. The molecule has 0 aliphatic rings. The van der Waals surface area contributed by atoms with Crippen molar-refractivity contribution >= 4 is 12.1 Å². The summed E-state index contributed by atoms with van der Waals surface area (Å²) in [5.74, 6) is -1.00. The van der Waals surface area contributed by atoms with Crippen molar-refractivity contribution in [1.29, 1.82) is 0 Å². The van der Waals surface area contributed by atoms with E-state index in [0.717, 1.165) is 19.3 Å². The fourth-order valence-corrected chi connectivity index (χ4v) is 2.72. The molecule has 25 heavy (non-hydrogen) atoms. The van der Waals surface area contributed by atoms with Gasteiger partial charge in [-0.2, -0.15) is 0 Å². The third-order valence-corrected chi connectivity index (χ3v) is 4.09. The van der Waals surface area contributed by atoms with Crippen LogP contribution in [0.2, 0.25) is 0 Å². The van der Waals surface area contributed by atoms with Gasteiger partial charge in [0, 0.05) is 0 Å². The Hall–Kier alpha value is -1.26. The van der Waals surface area contributed by atoms with Crippen molar-refractivity contribution in [1.82, 2.24) is 5.32 Å². The number of carbonyl (C=O) groups is 2. The number of carbonyl (C=O) groups excluding carboxylic acids is 1. The number of nitrogens with one attached hydrogen (secondary N) is 1. The average molecular weight is 358 g/mol. The number of aliphatic carboxylic acids is 1. The monoisotopic (exact) mass is 357 g/mol. The molecule has 1 atom stereocenters. The smallest absolute Gasteiger partial charge is 0.408 e. The normalized spacial score (nSPS) is 12.6. The molecule has 0 saturated carbocycles. The van der Waals surface area contributed by atoms with Crippen LogP contribution in [0.15, 0.2) is 0 Å². The van der Waals surface area contributed by atoms with Gasteiger partial charge in [-0.25, -0.2) is 9.59 Å². The van der Waals surface area contributed by atoms with E-state index in [4.69, 9.17) is 4.74 Å². The van der Waals surface area contributed by atoms with E-state index in [2.05, 4.69) is 12.2 Å². The van der Waals surface area contributed by atoms with Gasteiger partial charge in [0.15, 0.2) is 0 Å². The van der Waals surface area contributed by atoms with Gasteiger partial charge in [-0.3, -0.25) is 0 Å². The number of alkyl carbamates (subject to hydrolysis) is 1. The summed E-state index contributed by atoms with van der Waals surface area (Å²) in [6.45, 7) is 7.50. The third-order valence-electron chi connectivity index (χ3n) is 4.09. The molecule has 0 aromatic heterocycles. The van der Waals surface area contributed by atoms with E-state index < -0.39 is 23.7 Å². The Labute approximate surface area is 153 Å². The molecule has 0 fully saturated rings. The Morgan fingerprint density at radius 1 is 0.880 bits per heavy atom. The number of rotatable bonds is 14. The van der Waals surface area contributed by atoms with Crippen molar-refractivity contribution in [2.24, 2.45) is 0 Å². The Kier molecular flexibility index (Phi) is 13.3. The van der Waals surface area contributed by atoms with Crippen molar-refractivity contribution in [3.8, 4) is 0 Å². The highest BCUT2D eigenvalue weighted by molar-refractivity contribution is 5.79. The van der Waals surface area contributed by atoms with E-state index in [0.29, 0.717) is 6.42 Å². The Bertz CT molecular complexity index is 363. The van der Waals surface area contributed by atoms with Crippen molar-refractivity contribution in [3.05, 3.63) is 0 Å². The Morgan fingerprint density at radius 2 is 1.32 bits per heavy atom. The fourth-order valence-electron chi connectivity index (χ4n) is 2.72. The molecule has 5 nitrogen and oxygen atoms in total. The van der Waals surface area contributed by atoms with Crippen LogP contribution in [0.4, 0.5) is 4.79 Å². The molecule has 0 rings (SSSR count). The molecule has 2 N–H and O–H groups in total. The summed E-state index contributed by atoms with van der Waals surface area (Å²) in [6.07, 6.45) is 13.2. The first-order valence-corrected chi connectivity index (χ1v) is 9.98. The third kappa shape index (κ3) is 16.0. The maximum atomic E-state index is 11.7. The minimum absolute atomic E-state index is 0.450. The lowest BCUT2D eigenvalue weighted by Gasteiger charge is -2.22. The molecule has 0 radical (unpaired) electrons. The largest absolute Gasteiger partial charge is 0.480 e. The number of ether oxygens (including phenoxy) is 1. The highest BCUT2D eigenvalue weighted by Crippen LogP contribution is 2.13. The Morgan fingerprint density at radius 3 is 1.72 bits per heavy atom. The molecule has 0 aliphatic carbocycles. The molecule has 0 unspecified atom stereocenters. The van der Waals surface area contributed by atoms with Crippen molar-refractivity contribution in [2.75, 3.05) is 0 Å². The van der Waals surface area contributed by atoms with E-state index in [9.17, 15) is 14.7 Å². The first-order valence-electron chi connectivity index (χ1n) is 9.98. The topological polar surface area (TPSA) is 75.6 Å². The van der Waals surface area contributed by atoms with Crippen molar-refractivity contribution < 1.29 is 19.4 Å². The molecule has 5 heteroatoms. The van der Waals surface area contributed by atoms with Gasteiger partial charge in [0.05, 0.1) is 0 Å². The Balaban J connectivity index is 3.71. The second kappa shape index (κ2) is 14.0. The minimum Gasteiger partial charge on any atom is -0.480 e. The second-order valence-electron chi connectivity index (χ2n) is 7.86. The zero-order valence-electron chi connectivity index (χ0n) is 16.7. The molecular weight excluding hydrogens is 318 g/mol.